The molecule has 0 spiro atoms. The molecule has 0 aromatic carbocycles. The minimum Gasteiger partial charge on any atom is -0.271 e. The van der Waals surface area contributed by atoms with Crippen LogP contribution in [0.3, 0.4) is 0 Å². The Morgan fingerprint density at radius 1 is 1.60 bits per heavy atom. The molecule has 4 nitrogen and oxygen atoms in total. The van der Waals surface area contributed by atoms with Gasteiger partial charge in [-0.3, -0.25) is 4.99 Å². The fourth-order valence-electron chi connectivity index (χ4n) is 0.512. The van der Waals surface area contributed by atoms with Crippen molar-refractivity contribution in [2.24, 2.45) is 4.99 Å². The minimum absolute atomic E-state index is 0.0718. The van der Waals surface area contributed by atoms with Crippen LogP contribution < -0.4 is 0 Å². The predicted molar refractivity (Wildman–Crippen MR) is 39.1 cm³/mol. The summed E-state index contributed by atoms with van der Waals surface area (Å²) in [5.41, 5.74) is 0. The van der Waals surface area contributed by atoms with Crippen molar-refractivity contribution in [3.05, 3.63) is 12.3 Å². The summed E-state index contributed by atoms with van der Waals surface area (Å²) in [4.78, 5) is 3.68. The van der Waals surface area contributed by atoms with Gasteiger partial charge in [0.05, 0.1) is 0 Å². The molecular formula is C4H5ClN2O2S. The van der Waals surface area contributed by atoms with Crippen molar-refractivity contribution in [3.8, 4) is 0 Å². The molecule has 1 heterocycles. The van der Waals surface area contributed by atoms with Crippen LogP contribution in [0.4, 0.5) is 0 Å². The first-order chi connectivity index (χ1) is 4.61. The van der Waals surface area contributed by atoms with Crippen molar-refractivity contribution >= 4 is 26.1 Å². The number of hydrogen-bond donors (Lipinski definition) is 0. The summed E-state index contributed by atoms with van der Waals surface area (Å²) in [7, 11) is 1.36. The van der Waals surface area contributed by atoms with Gasteiger partial charge in [0, 0.05) is 23.1 Å². The van der Waals surface area contributed by atoms with Crippen LogP contribution in [0.25, 0.3) is 0 Å². The quantitative estimate of drug-likeness (QED) is 0.546. The topological polar surface area (TPSA) is 49.7 Å². The van der Waals surface area contributed by atoms with Gasteiger partial charge in [-0.05, 0) is 6.08 Å². The van der Waals surface area contributed by atoms with Crippen LogP contribution in [0.5, 0.6) is 0 Å². The van der Waals surface area contributed by atoms with Gasteiger partial charge in [-0.15, -0.1) is 0 Å². The van der Waals surface area contributed by atoms with Gasteiger partial charge in [-0.25, -0.2) is 4.31 Å². The summed E-state index contributed by atoms with van der Waals surface area (Å²) in [5.74, 6) is 0. The Morgan fingerprint density at radius 2 is 2.30 bits per heavy atom. The lowest BCUT2D eigenvalue weighted by Crippen LogP contribution is -2.22. The smallest absolute Gasteiger partial charge is 0.271 e. The average molecular weight is 181 g/mol. The van der Waals surface area contributed by atoms with Crippen LogP contribution >= 0.6 is 10.7 Å². The SMILES string of the molecule is O=S(=O)(Cl)N1C=CC=NC1. The van der Waals surface area contributed by atoms with Gasteiger partial charge < -0.3 is 0 Å². The average Bonchev–Trinajstić information content (AvgIpc) is 1.88. The summed E-state index contributed by atoms with van der Waals surface area (Å²) >= 11 is 0. The zero-order valence-electron chi connectivity index (χ0n) is 4.94. The molecule has 1 aliphatic rings. The van der Waals surface area contributed by atoms with Crippen LogP contribution in [0.15, 0.2) is 17.3 Å². The zero-order chi connectivity index (χ0) is 7.61. The molecule has 0 aromatic heterocycles. The molecule has 1 aliphatic heterocycles. The Morgan fingerprint density at radius 3 is 2.60 bits per heavy atom. The summed E-state index contributed by atoms with van der Waals surface area (Å²) in [6.07, 6.45) is 4.37. The number of halogens is 1. The lowest BCUT2D eigenvalue weighted by molar-refractivity contribution is 0.520. The summed E-state index contributed by atoms with van der Waals surface area (Å²) < 4.78 is 22.0. The van der Waals surface area contributed by atoms with Crippen LogP contribution in [-0.4, -0.2) is 25.6 Å². The first-order valence-corrected chi connectivity index (χ1v) is 4.75. The van der Waals surface area contributed by atoms with Gasteiger partial charge in [0.15, 0.2) is 0 Å². The van der Waals surface area contributed by atoms with Crippen LogP contribution in [-0.2, 0) is 9.24 Å². The molecule has 0 saturated heterocycles. The molecule has 0 N–H and O–H groups in total. The number of hydrogen-bond acceptors (Lipinski definition) is 3. The van der Waals surface area contributed by atoms with Gasteiger partial charge in [0.25, 0.3) is 0 Å². The number of aliphatic imine (C=N–C) groups is 1. The van der Waals surface area contributed by atoms with Crippen molar-refractivity contribution in [2.75, 3.05) is 6.67 Å². The van der Waals surface area contributed by atoms with Gasteiger partial charge in [-0.1, -0.05) is 0 Å². The minimum atomic E-state index is -3.62. The molecule has 0 saturated carbocycles. The second-order valence-electron chi connectivity index (χ2n) is 1.64. The highest BCUT2D eigenvalue weighted by molar-refractivity contribution is 8.11. The Kier molecular flexibility index (Phi) is 1.96. The van der Waals surface area contributed by atoms with Crippen molar-refractivity contribution in [1.29, 1.82) is 0 Å². The maximum Gasteiger partial charge on any atom is 0.322 e. The molecule has 0 radical (unpaired) electrons. The van der Waals surface area contributed by atoms with E-state index >= 15 is 0 Å². The van der Waals surface area contributed by atoms with E-state index in [1.165, 1.54) is 18.5 Å². The normalized spacial score (nSPS) is 17.9. The highest BCUT2D eigenvalue weighted by Gasteiger charge is 2.13. The number of rotatable bonds is 1. The second-order valence-corrected chi connectivity index (χ2v) is 4.11. The van der Waals surface area contributed by atoms with Gasteiger partial charge in [0.2, 0.25) is 0 Å². The Bertz CT molecular complexity index is 269. The van der Waals surface area contributed by atoms with Crippen molar-refractivity contribution < 1.29 is 8.42 Å². The third-order valence-electron chi connectivity index (χ3n) is 0.945. The van der Waals surface area contributed by atoms with E-state index in [-0.39, 0.29) is 6.67 Å². The van der Waals surface area contributed by atoms with Crippen molar-refractivity contribution in [3.63, 3.8) is 0 Å². The van der Waals surface area contributed by atoms with E-state index in [0.29, 0.717) is 0 Å². The largest absolute Gasteiger partial charge is 0.322 e. The molecule has 10 heavy (non-hydrogen) atoms. The third kappa shape index (κ3) is 1.71. The highest BCUT2D eigenvalue weighted by atomic mass is 35.7. The van der Waals surface area contributed by atoms with E-state index < -0.39 is 9.24 Å². The molecule has 0 fully saturated rings. The Labute approximate surface area is 63.4 Å². The van der Waals surface area contributed by atoms with Crippen LogP contribution in [0.1, 0.15) is 0 Å². The summed E-state index contributed by atoms with van der Waals surface area (Å²) in [6.45, 7) is 0.0718. The van der Waals surface area contributed by atoms with E-state index in [1.807, 2.05) is 0 Å². The Balaban J connectivity index is 2.79. The molecule has 1 rings (SSSR count). The first kappa shape index (κ1) is 7.56. The first-order valence-electron chi connectivity index (χ1n) is 2.49. The van der Waals surface area contributed by atoms with E-state index in [2.05, 4.69) is 4.99 Å². The van der Waals surface area contributed by atoms with E-state index in [9.17, 15) is 8.42 Å². The van der Waals surface area contributed by atoms with Crippen molar-refractivity contribution in [1.82, 2.24) is 4.31 Å². The Hall–Kier alpha value is -0.550. The summed E-state index contributed by atoms with van der Waals surface area (Å²) in [6, 6.07) is 0. The van der Waals surface area contributed by atoms with Gasteiger partial charge in [0.1, 0.15) is 6.67 Å². The molecule has 0 unspecified atom stereocenters. The van der Waals surface area contributed by atoms with E-state index in [1.54, 1.807) is 0 Å². The number of allylic oxidation sites excluding steroid dienone is 1. The summed E-state index contributed by atoms with van der Waals surface area (Å²) in [5, 5.41) is 0. The fourth-order valence-corrected chi connectivity index (χ4v) is 1.20. The van der Waals surface area contributed by atoms with Gasteiger partial charge in [-0.2, -0.15) is 8.42 Å². The molecule has 0 bridgehead atoms. The number of nitrogens with zero attached hydrogens (tertiary/aromatic N) is 2. The lowest BCUT2D eigenvalue weighted by Gasteiger charge is -2.14. The van der Waals surface area contributed by atoms with Crippen LogP contribution in [0.2, 0.25) is 0 Å². The zero-order valence-corrected chi connectivity index (χ0v) is 6.51. The lowest BCUT2D eigenvalue weighted by atomic mass is 10.6. The molecular weight excluding hydrogens is 176 g/mol. The fraction of sp³-hybridized carbons (Fsp3) is 0.250. The second kappa shape index (κ2) is 2.59. The highest BCUT2D eigenvalue weighted by Crippen LogP contribution is 2.08. The monoisotopic (exact) mass is 180 g/mol. The van der Waals surface area contributed by atoms with Gasteiger partial charge >= 0.3 is 9.24 Å². The molecule has 0 aliphatic carbocycles. The standard InChI is InChI=1S/C4H5ClN2O2S/c5-10(8,9)7-3-1-2-6-4-7/h1-3H,4H2. The van der Waals surface area contributed by atoms with E-state index in [0.717, 1.165) is 4.31 Å². The third-order valence-corrected chi connectivity index (χ3v) is 2.27. The predicted octanol–water partition coefficient (Wildman–Crippen LogP) is 0.328. The molecule has 0 aromatic rings. The van der Waals surface area contributed by atoms with E-state index in [4.69, 9.17) is 10.7 Å². The molecule has 0 amide bonds. The molecule has 6 heteroatoms. The molecule has 0 atom stereocenters. The van der Waals surface area contributed by atoms with Crippen LogP contribution in [0, 0.1) is 0 Å². The maximum atomic E-state index is 10.6. The molecule has 56 valence electrons. The maximum absolute atomic E-state index is 10.6. The van der Waals surface area contributed by atoms with Crippen molar-refractivity contribution in [2.45, 2.75) is 0 Å².